The second kappa shape index (κ2) is 10.1. The van der Waals surface area contributed by atoms with Gasteiger partial charge in [0.25, 0.3) is 0 Å². The Morgan fingerprint density at radius 3 is 2.48 bits per heavy atom. The lowest BCUT2D eigenvalue weighted by Gasteiger charge is -2.30. The highest BCUT2D eigenvalue weighted by Gasteiger charge is 2.22. The smallest absolute Gasteiger partial charge is 0.352 e. The number of aliphatic carboxylic acids is 1. The van der Waals surface area contributed by atoms with Crippen LogP contribution in [-0.4, -0.2) is 45.4 Å². The number of nitrogens with two attached hydrogens (primary N) is 1. The van der Waals surface area contributed by atoms with E-state index in [4.69, 9.17) is 10.8 Å². The normalized spacial score (nSPS) is 21.1. The zero-order valence-corrected chi connectivity index (χ0v) is 15.1. The van der Waals surface area contributed by atoms with E-state index in [-0.39, 0.29) is 5.71 Å². The van der Waals surface area contributed by atoms with Gasteiger partial charge in [-0.05, 0) is 50.3 Å². The standard InChI is InChI=1S/C13H17N3O2.C6H13N/c1-10-2-3-12(13(17)18)15-16(10)9-6-11-4-7-14-8-5-11;7-6-4-2-1-3-5-6/h4-5,7-8,10H,2-3,6,9H2,1H3,(H,17,18);6H,1-5,7H2. The van der Waals surface area contributed by atoms with E-state index in [1.807, 2.05) is 17.1 Å². The Balaban J connectivity index is 0.000000269. The van der Waals surface area contributed by atoms with Crippen LogP contribution in [0.15, 0.2) is 29.6 Å². The van der Waals surface area contributed by atoms with E-state index in [9.17, 15) is 4.79 Å². The lowest BCUT2D eigenvalue weighted by Crippen LogP contribution is -2.37. The van der Waals surface area contributed by atoms with Crippen LogP contribution in [-0.2, 0) is 11.2 Å². The van der Waals surface area contributed by atoms with Crippen molar-refractivity contribution in [2.45, 2.75) is 70.4 Å². The lowest BCUT2D eigenvalue weighted by molar-refractivity contribution is -0.129. The van der Waals surface area contributed by atoms with Gasteiger partial charge in [-0.1, -0.05) is 19.3 Å². The summed E-state index contributed by atoms with van der Waals surface area (Å²) < 4.78 is 0. The summed E-state index contributed by atoms with van der Waals surface area (Å²) in [6.45, 7) is 2.82. The third-order valence-electron chi connectivity index (χ3n) is 4.83. The average molecular weight is 346 g/mol. The third-order valence-corrected chi connectivity index (χ3v) is 4.83. The lowest BCUT2D eigenvalue weighted by atomic mass is 9.97. The molecule has 0 aromatic carbocycles. The molecular weight excluding hydrogens is 316 g/mol. The summed E-state index contributed by atoms with van der Waals surface area (Å²) >= 11 is 0. The van der Waals surface area contributed by atoms with Crippen molar-refractivity contribution in [2.75, 3.05) is 6.54 Å². The number of carboxylic acids is 1. The predicted octanol–water partition coefficient (Wildman–Crippen LogP) is 2.83. The number of rotatable bonds is 4. The molecule has 3 rings (SSSR count). The summed E-state index contributed by atoms with van der Waals surface area (Å²) in [4.78, 5) is 14.9. The van der Waals surface area contributed by atoms with Gasteiger partial charge in [0.1, 0.15) is 5.71 Å². The van der Waals surface area contributed by atoms with Crippen molar-refractivity contribution < 1.29 is 9.90 Å². The van der Waals surface area contributed by atoms with Crippen LogP contribution in [0.5, 0.6) is 0 Å². The SMILES string of the molecule is CC1CCC(C(=O)O)=NN1CCc1ccncc1.NC1CCCCC1. The Bertz CT molecular complexity index is 556. The molecule has 1 aromatic rings. The molecule has 1 unspecified atom stereocenters. The van der Waals surface area contributed by atoms with Gasteiger partial charge in [-0.2, -0.15) is 5.10 Å². The Kier molecular flexibility index (Phi) is 7.85. The number of hydrogen-bond donors (Lipinski definition) is 2. The number of aromatic nitrogens is 1. The van der Waals surface area contributed by atoms with Gasteiger partial charge in [-0.3, -0.25) is 9.99 Å². The highest BCUT2D eigenvalue weighted by atomic mass is 16.4. The van der Waals surface area contributed by atoms with Crippen molar-refractivity contribution in [2.24, 2.45) is 10.8 Å². The fourth-order valence-corrected chi connectivity index (χ4v) is 3.15. The quantitative estimate of drug-likeness (QED) is 0.874. The molecule has 138 valence electrons. The second-order valence-corrected chi connectivity index (χ2v) is 6.91. The van der Waals surface area contributed by atoms with Crippen LogP contribution < -0.4 is 5.73 Å². The minimum atomic E-state index is -0.907. The monoisotopic (exact) mass is 346 g/mol. The fraction of sp³-hybridized carbons (Fsp3) is 0.632. The molecule has 25 heavy (non-hydrogen) atoms. The first-order valence-electron chi connectivity index (χ1n) is 9.28. The van der Waals surface area contributed by atoms with Crippen molar-refractivity contribution >= 4 is 11.7 Å². The van der Waals surface area contributed by atoms with Crippen molar-refractivity contribution in [1.29, 1.82) is 0 Å². The average Bonchev–Trinajstić information content (AvgIpc) is 2.63. The maximum Gasteiger partial charge on any atom is 0.352 e. The van der Waals surface area contributed by atoms with E-state index in [1.165, 1.54) is 37.7 Å². The number of hydrazone groups is 1. The van der Waals surface area contributed by atoms with E-state index < -0.39 is 5.97 Å². The Hall–Kier alpha value is -1.95. The summed E-state index contributed by atoms with van der Waals surface area (Å²) in [5.74, 6) is -0.907. The van der Waals surface area contributed by atoms with Gasteiger partial charge in [0.15, 0.2) is 0 Å². The van der Waals surface area contributed by atoms with Crippen LogP contribution in [0, 0.1) is 0 Å². The van der Waals surface area contributed by atoms with E-state index in [1.54, 1.807) is 12.4 Å². The topological polar surface area (TPSA) is 91.8 Å². The second-order valence-electron chi connectivity index (χ2n) is 6.91. The van der Waals surface area contributed by atoms with Crippen LogP contribution in [0.2, 0.25) is 0 Å². The van der Waals surface area contributed by atoms with Crippen LogP contribution in [0.1, 0.15) is 57.4 Å². The zero-order valence-electron chi connectivity index (χ0n) is 15.1. The molecule has 0 radical (unpaired) electrons. The molecule has 1 aromatic heterocycles. The first-order chi connectivity index (χ1) is 12.1. The number of carboxylic acid groups (broad SMARTS) is 1. The van der Waals surface area contributed by atoms with Gasteiger partial charge in [0, 0.05) is 37.4 Å². The van der Waals surface area contributed by atoms with Gasteiger partial charge in [-0.25, -0.2) is 4.79 Å². The summed E-state index contributed by atoms with van der Waals surface area (Å²) in [6, 6.07) is 4.77. The zero-order chi connectivity index (χ0) is 18.1. The van der Waals surface area contributed by atoms with Gasteiger partial charge < -0.3 is 10.8 Å². The highest BCUT2D eigenvalue weighted by Crippen LogP contribution is 2.16. The molecule has 2 aliphatic rings. The molecule has 1 saturated carbocycles. The molecule has 1 fully saturated rings. The first-order valence-corrected chi connectivity index (χ1v) is 9.28. The molecule has 0 spiro atoms. The predicted molar refractivity (Wildman–Crippen MR) is 99.5 cm³/mol. The van der Waals surface area contributed by atoms with Crippen molar-refractivity contribution in [3.8, 4) is 0 Å². The molecular formula is C19H30N4O2. The molecule has 6 heteroatoms. The number of nitrogens with zero attached hydrogens (tertiary/aromatic N) is 3. The molecule has 1 aliphatic carbocycles. The largest absolute Gasteiger partial charge is 0.477 e. The first kappa shape index (κ1) is 19.4. The molecule has 3 N–H and O–H groups in total. The van der Waals surface area contributed by atoms with Crippen LogP contribution in [0.4, 0.5) is 0 Å². The number of hydrogen-bond acceptors (Lipinski definition) is 5. The molecule has 1 aliphatic heterocycles. The summed E-state index contributed by atoms with van der Waals surface area (Å²) in [5.41, 5.74) is 7.09. The summed E-state index contributed by atoms with van der Waals surface area (Å²) in [6.07, 6.45) is 12.4. The molecule has 6 nitrogen and oxygen atoms in total. The van der Waals surface area contributed by atoms with Crippen molar-refractivity contribution in [1.82, 2.24) is 9.99 Å². The molecule has 0 bridgehead atoms. The minimum absolute atomic E-state index is 0.267. The molecule has 2 heterocycles. The molecule has 1 atom stereocenters. The highest BCUT2D eigenvalue weighted by molar-refractivity contribution is 6.35. The fourth-order valence-electron chi connectivity index (χ4n) is 3.15. The van der Waals surface area contributed by atoms with E-state index in [0.29, 0.717) is 18.5 Å². The number of pyridine rings is 1. The Morgan fingerprint density at radius 1 is 1.24 bits per heavy atom. The molecule has 0 saturated heterocycles. The van der Waals surface area contributed by atoms with Crippen molar-refractivity contribution in [3.63, 3.8) is 0 Å². The Labute approximate surface area is 150 Å². The Morgan fingerprint density at radius 2 is 1.92 bits per heavy atom. The van der Waals surface area contributed by atoms with Gasteiger partial charge in [0.2, 0.25) is 0 Å². The van der Waals surface area contributed by atoms with Gasteiger partial charge >= 0.3 is 5.97 Å². The van der Waals surface area contributed by atoms with Crippen LogP contribution in [0.25, 0.3) is 0 Å². The summed E-state index contributed by atoms with van der Waals surface area (Å²) in [7, 11) is 0. The van der Waals surface area contributed by atoms with Gasteiger partial charge in [-0.15, -0.1) is 0 Å². The van der Waals surface area contributed by atoms with E-state index in [2.05, 4.69) is 17.0 Å². The number of carbonyl (C=O) groups is 1. The van der Waals surface area contributed by atoms with Crippen LogP contribution >= 0.6 is 0 Å². The third kappa shape index (κ3) is 6.82. The minimum Gasteiger partial charge on any atom is -0.477 e. The molecule has 0 amide bonds. The van der Waals surface area contributed by atoms with E-state index in [0.717, 1.165) is 19.4 Å². The van der Waals surface area contributed by atoms with Gasteiger partial charge in [0.05, 0.1) is 0 Å². The summed E-state index contributed by atoms with van der Waals surface area (Å²) in [5, 5.41) is 15.1. The maximum atomic E-state index is 10.9. The van der Waals surface area contributed by atoms with E-state index >= 15 is 0 Å². The van der Waals surface area contributed by atoms with Crippen LogP contribution in [0.3, 0.4) is 0 Å². The maximum absolute atomic E-state index is 10.9. The van der Waals surface area contributed by atoms with Crippen molar-refractivity contribution in [3.05, 3.63) is 30.1 Å².